The lowest BCUT2D eigenvalue weighted by Gasteiger charge is -2.19. The lowest BCUT2D eigenvalue weighted by Crippen LogP contribution is -2.15. The summed E-state index contributed by atoms with van der Waals surface area (Å²) in [6.07, 6.45) is 1.70. The third-order valence-corrected chi connectivity index (χ3v) is 3.66. The van der Waals surface area contributed by atoms with E-state index in [1.54, 1.807) is 24.1 Å². The summed E-state index contributed by atoms with van der Waals surface area (Å²) in [7, 11) is -1.93. The Balaban J connectivity index is 2.27. The third kappa shape index (κ3) is 3.89. The summed E-state index contributed by atoms with van der Waals surface area (Å²) >= 11 is 0. The lowest BCUT2D eigenvalue weighted by molar-refractivity contribution is -0.165. The van der Waals surface area contributed by atoms with Crippen LogP contribution >= 0.6 is 8.00 Å². The highest BCUT2D eigenvalue weighted by Gasteiger charge is 2.19. The van der Waals surface area contributed by atoms with Crippen molar-refractivity contribution in [3.63, 3.8) is 0 Å². The summed E-state index contributed by atoms with van der Waals surface area (Å²) in [6, 6.07) is 13.0. The van der Waals surface area contributed by atoms with Crippen LogP contribution < -0.4 is 9.42 Å². The Morgan fingerprint density at radius 1 is 1.10 bits per heavy atom. The Morgan fingerprint density at radius 3 is 2.45 bits per heavy atom. The van der Waals surface area contributed by atoms with Crippen LogP contribution in [0.3, 0.4) is 0 Å². The van der Waals surface area contributed by atoms with E-state index < -0.39 is 8.00 Å². The van der Waals surface area contributed by atoms with E-state index in [9.17, 15) is 4.89 Å². The van der Waals surface area contributed by atoms with Crippen molar-refractivity contribution in [3.8, 4) is 5.75 Å². The van der Waals surface area contributed by atoms with Gasteiger partial charge in [-0.25, -0.2) is 0 Å². The minimum absolute atomic E-state index is 0.0526. The van der Waals surface area contributed by atoms with Crippen LogP contribution in [0.2, 0.25) is 0 Å². The van der Waals surface area contributed by atoms with Crippen LogP contribution in [0.4, 0.5) is 0 Å². The van der Waals surface area contributed by atoms with Gasteiger partial charge in [0.05, 0.1) is 0 Å². The second-order valence-corrected chi connectivity index (χ2v) is 6.52. The fourth-order valence-corrected chi connectivity index (χ4v) is 2.65. The van der Waals surface area contributed by atoms with Crippen molar-refractivity contribution in [2.45, 2.75) is 26.2 Å². The van der Waals surface area contributed by atoms with Gasteiger partial charge in [-0.1, -0.05) is 45.0 Å². The van der Waals surface area contributed by atoms with Gasteiger partial charge in [-0.05, 0) is 29.2 Å². The number of aromatic nitrogens is 1. The highest BCUT2D eigenvalue weighted by molar-refractivity contribution is 7.45. The van der Waals surface area contributed by atoms with Crippen LogP contribution in [0.5, 0.6) is 5.75 Å². The van der Waals surface area contributed by atoms with Crippen LogP contribution in [0.15, 0.2) is 48.7 Å². The van der Waals surface area contributed by atoms with E-state index in [-0.39, 0.29) is 5.41 Å². The van der Waals surface area contributed by atoms with Gasteiger partial charge in [0.25, 0.3) is 8.00 Å². The predicted octanol–water partition coefficient (Wildman–Crippen LogP) is 3.28. The third-order valence-electron chi connectivity index (χ3n) is 2.81. The molecule has 2 rings (SSSR count). The number of para-hydroxylation sites is 1. The molecular weight excluding hydrogens is 269 g/mol. The minimum atomic E-state index is -1.93. The van der Waals surface area contributed by atoms with Crippen LogP contribution in [0.1, 0.15) is 32.0 Å². The minimum Gasteiger partial charge on any atom is -0.595 e. The molecule has 0 bridgehead atoms. The van der Waals surface area contributed by atoms with Gasteiger partial charge in [0, 0.05) is 6.20 Å². The van der Waals surface area contributed by atoms with E-state index in [0.717, 1.165) is 11.3 Å². The van der Waals surface area contributed by atoms with Crippen LogP contribution in [-0.2, 0) is 5.41 Å². The molecule has 0 saturated carbocycles. The molecule has 0 aliphatic heterocycles. The Kier molecular flexibility index (Phi) is 4.53. The average Bonchev–Trinajstić information content (AvgIpc) is 2.39. The lowest BCUT2D eigenvalue weighted by atomic mass is 9.86. The maximum Gasteiger partial charge on any atom is 0.279 e. The monoisotopic (exact) mass is 287 g/mol. The predicted molar refractivity (Wildman–Crippen MR) is 82.1 cm³/mol. The van der Waals surface area contributed by atoms with Gasteiger partial charge < -0.3 is 4.89 Å². The first-order valence-electron chi connectivity index (χ1n) is 6.46. The topological polar surface area (TPSA) is 45.2 Å². The molecule has 1 unspecified atom stereocenters. The van der Waals surface area contributed by atoms with E-state index in [4.69, 9.17) is 4.52 Å². The Bertz CT molecular complexity index is 603. The van der Waals surface area contributed by atoms with Gasteiger partial charge in [-0.3, -0.25) is 9.51 Å². The number of rotatable bonds is 3. The SMILES string of the molecule is CC(C)(C)c1cccnc1/C=[P+](\[O-])Oc1ccccc1. The van der Waals surface area contributed by atoms with Gasteiger partial charge in [-0.2, -0.15) is 0 Å². The summed E-state index contributed by atoms with van der Waals surface area (Å²) in [5, 5.41) is 0. The van der Waals surface area contributed by atoms with E-state index in [0.29, 0.717) is 5.75 Å². The quantitative estimate of drug-likeness (QED) is 0.814. The first kappa shape index (κ1) is 14.7. The maximum atomic E-state index is 12.1. The smallest absolute Gasteiger partial charge is 0.279 e. The molecule has 104 valence electrons. The van der Waals surface area contributed by atoms with Crippen molar-refractivity contribution in [1.29, 1.82) is 0 Å². The molecule has 0 N–H and O–H groups in total. The molecule has 0 fully saturated rings. The molecule has 0 amide bonds. The van der Waals surface area contributed by atoms with Crippen LogP contribution in [0, 0.1) is 0 Å². The van der Waals surface area contributed by atoms with E-state index >= 15 is 0 Å². The van der Waals surface area contributed by atoms with Crippen molar-refractivity contribution in [1.82, 2.24) is 4.98 Å². The van der Waals surface area contributed by atoms with Gasteiger partial charge in [-0.15, -0.1) is 0 Å². The summed E-state index contributed by atoms with van der Waals surface area (Å²) in [6.45, 7) is 6.31. The molecule has 1 atom stereocenters. The van der Waals surface area contributed by atoms with Crippen molar-refractivity contribution < 1.29 is 9.42 Å². The molecule has 1 aromatic heterocycles. The highest BCUT2D eigenvalue weighted by atomic mass is 31.1. The highest BCUT2D eigenvalue weighted by Crippen LogP contribution is 2.26. The molecule has 0 saturated heterocycles. The molecule has 0 radical (unpaired) electrons. The molecule has 4 heteroatoms. The standard InChI is InChI=1S/C16H18NO2P/c1-16(2,3)14-10-7-11-17-15(14)12-20(18)19-13-8-5-4-6-9-13/h4-12H,1-3H3. The summed E-state index contributed by atoms with van der Waals surface area (Å²) in [5.74, 6) is 2.18. The van der Waals surface area contributed by atoms with Gasteiger partial charge in [0.1, 0.15) is 5.69 Å². The van der Waals surface area contributed by atoms with Crippen molar-refractivity contribution in [3.05, 3.63) is 59.9 Å². The second-order valence-electron chi connectivity index (χ2n) is 5.50. The largest absolute Gasteiger partial charge is 0.595 e. The molecule has 0 aliphatic carbocycles. The second kappa shape index (κ2) is 6.17. The average molecular weight is 287 g/mol. The molecule has 1 aromatic carbocycles. The number of nitrogens with zero attached hydrogens (tertiary/aromatic N) is 1. The fourth-order valence-electron chi connectivity index (χ4n) is 1.87. The van der Waals surface area contributed by atoms with Gasteiger partial charge in [0.2, 0.25) is 0 Å². The molecule has 0 aliphatic rings. The Labute approximate surface area is 120 Å². The number of benzene rings is 1. The molecular formula is C16H18NO2P. The zero-order valence-corrected chi connectivity index (χ0v) is 12.8. The Morgan fingerprint density at radius 2 is 1.80 bits per heavy atom. The normalized spacial score (nSPS) is 12.3. The molecule has 3 nitrogen and oxygen atoms in total. The molecule has 1 heterocycles. The Hall–Kier alpha value is -1.70. The van der Waals surface area contributed by atoms with E-state index in [1.165, 1.54) is 0 Å². The van der Waals surface area contributed by atoms with Crippen LogP contribution in [0.25, 0.3) is 0 Å². The van der Waals surface area contributed by atoms with Gasteiger partial charge >= 0.3 is 0 Å². The fraction of sp³-hybridized carbons (Fsp3) is 0.250. The van der Waals surface area contributed by atoms with Gasteiger partial charge in [0.15, 0.2) is 11.5 Å². The number of hydrogen-bond acceptors (Lipinski definition) is 3. The molecule has 0 spiro atoms. The van der Waals surface area contributed by atoms with Crippen molar-refractivity contribution in [2.24, 2.45) is 0 Å². The van der Waals surface area contributed by atoms with Crippen LogP contribution in [-0.4, -0.2) is 10.8 Å². The first-order chi connectivity index (χ1) is 9.47. The summed E-state index contributed by atoms with van der Waals surface area (Å²) in [4.78, 5) is 16.4. The zero-order valence-electron chi connectivity index (χ0n) is 11.9. The first-order valence-corrected chi connectivity index (χ1v) is 7.71. The van der Waals surface area contributed by atoms with E-state index in [1.807, 2.05) is 30.3 Å². The molecule has 20 heavy (non-hydrogen) atoms. The zero-order chi connectivity index (χ0) is 14.6. The van der Waals surface area contributed by atoms with E-state index in [2.05, 4.69) is 25.8 Å². The van der Waals surface area contributed by atoms with Crippen molar-refractivity contribution >= 4 is 13.8 Å². The summed E-state index contributed by atoms with van der Waals surface area (Å²) < 4.78 is 5.40. The molecule has 2 aromatic rings. The number of hydrogen-bond donors (Lipinski definition) is 0. The van der Waals surface area contributed by atoms with Crippen molar-refractivity contribution in [2.75, 3.05) is 0 Å². The number of pyridine rings is 1. The summed E-state index contributed by atoms with van der Waals surface area (Å²) in [5.41, 5.74) is 1.72. The maximum absolute atomic E-state index is 12.1.